The Balaban J connectivity index is 1.53. The first-order chi connectivity index (χ1) is 11.2. The third-order valence-corrected chi connectivity index (χ3v) is 3.98. The van der Waals surface area contributed by atoms with Gasteiger partial charge in [0.05, 0.1) is 18.8 Å². The van der Waals surface area contributed by atoms with Gasteiger partial charge in [-0.25, -0.2) is 9.67 Å². The fourth-order valence-corrected chi connectivity index (χ4v) is 2.55. The van der Waals surface area contributed by atoms with Crippen LogP contribution in [0.4, 0.5) is 0 Å². The number of hydrogen-bond acceptors (Lipinski definition) is 5. The molecule has 1 amide bonds. The summed E-state index contributed by atoms with van der Waals surface area (Å²) < 4.78 is 7.00. The van der Waals surface area contributed by atoms with E-state index < -0.39 is 0 Å². The smallest absolute Gasteiger partial charge is 0.252 e. The lowest BCUT2D eigenvalue weighted by atomic mass is 10.2. The quantitative estimate of drug-likeness (QED) is 0.880. The van der Waals surface area contributed by atoms with Gasteiger partial charge in [0.15, 0.2) is 5.82 Å². The van der Waals surface area contributed by atoms with Crippen LogP contribution in [0.3, 0.4) is 0 Å². The Morgan fingerprint density at radius 3 is 2.87 bits per heavy atom. The fraction of sp³-hybridized carbons (Fsp3) is 0.438. The molecule has 0 bridgehead atoms. The van der Waals surface area contributed by atoms with Crippen molar-refractivity contribution in [1.29, 1.82) is 0 Å². The summed E-state index contributed by atoms with van der Waals surface area (Å²) in [5.74, 6) is 0.581. The van der Waals surface area contributed by atoms with E-state index >= 15 is 0 Å². The van der Waals surface area contributed by atoms with E-state index in [0.29, 0.717) is 24.0 Å². The minimum absolute atomic E-state index is 0.107. The van der Waals surface area contributed by atoms with Crippen LogP contribution in [0.2, 0.25) is 0 Å². The SMILES string of the molecule is C[C@@H](CNC(=O)c1ccc(-n2cccn2)nc1)N1CCOCC1. The third-order valence-electron chi connectivity index (χ3n) is 3.98. The molecule has 122 valence electrons. The maximum Gasteiger partial charge on any atom is 0.252 e. The van der Waals surface area contributed by atoms with Crippen LogP contribution in [0.1, 0.15) is 17.3 Å². The van der Waals surface area contributed by atoms with Crippen LogP contribution < -0.4 is 5.32 Å². The molecule has 1 N–H and O–H groups in total. The van der Waals surface area contributed by atoms with Gasteiger partial charge in [0.1, 0.15) is 0 Å². The Labute approximate surface area is 135 Å². The molecule has 1 saturated heterocycles. The second-order valence-electron chi connectivity index (χ2n) is 5.56. The van der Waals surface area contributed by atoms with Gasteiger partial charge in [0, 0.05) is 44.3 Å². The van der Waals surface area contributed by atoms with Crippen molar-refractivity contribution in [2.45, 2.75) is 13.0 Å². The largest absolute Gasteiger partial charge is 0.379 e. The molecule has 3 rings (SSSR count). The van der Waals surface area contributed by atoms with Gasteiger partial charge in [-0.15, -0.1) is 0 Å². The highest BCUT2D eigenvalue weighted by Gasteiger charge is 2.17. The molecule has 1 fully saturated rings. The van der Waals surface area contributed by atoms with E-state index in [-0.39, 0.29) is 5.91 Å². The number of hydrogen-bond donors (Lipinski definition) is 1. The fourth-order valence-electron chi connectivity index (χ4n) is 2.55. The summed E-state index contributed by atoms with van der Waals surface area (Å²) in [7, 11) is 0. The zero-order chi connectivity index (χ0) is 16.1. The molecule has 1 atom stereocenters. The van der Waals surface area contributed by atoms with E-state index in [4.69, 9.17) is 4.74 Å². The summed E-state index contributed by atoms with van der Waals surface area (Å²) in [5, 5.41) is 7.08. The summed E-state index contributed by atoms with van der Waals surface area (Å²) >= 11 is 0. The van der Waals surface area contributed by atoms with Crippen LogP contribution >= 0.6 is 0 Å². The van der Waals surface area contributed by atoms with E-state index in [0.717, 1.165) is 26.3 Å². The minimum atomic E-state index is -0.107. The molecule has 2 aromatic heterocycles. The number of nitrogens with zero attached hydrogens (tertiary/aromatic N) is 4. The van der Waals surface area contributed by atoms with Crippen molar-refractivity contribution < 1.29 is 9.53 Å². The van der Waals surface area contributed by atoms with Crippen LogP contribution in [0, 0.1) is 0 Å². The summed E-state index contributed by atoms with van der Waals surface area (Å²) in [6.07, 6.45) is 5.08. The van der Waals surface area contributed by atoms with E-state index in [1.165, 1.54) is 0 Å². The lowest BCUT2D eigenvalue weighted by Crippen LogP contribution is -2.47. The van der Waals surface area contributed by atoms with Crippen molar-refractivity contribution in [3.05, 3.63) is 42.4 Å². The predicted molar refractivity (Wildman–Crippen MR) is 85.5 cm³/mol. The van der Waals surface area contributed by atoms with Crippen molar-refractivity contribution in [2.75, 3.05) is 32.8 Å². The van der Waals surface area contributed by atoms with Crippen LogP contribution in [0.5, 0.6) is 0 Å². The number of amides is 1. The van der Waals surface area contributed by atoms with Crippen LogP contribution in [-0.2, 0) is 4.74 Å². The van der Waals surface area contributed by atoms with Crippen molar-refractivity contribution in [3.63, 3.8) is 0 Å². The number of pyridine rings is 1. The third kappa shape index (κ3) is 3.94. The number of nitrogens with one attached hydrogen (secondary N) is 1. The molecular formula is C16H21N5O2. The molecule has 23 heavy (non-hydrogen) atoms. The molecule has 1 aliphatic rings. The van der Waals surface area contributed by atoms with Gasteiger partial charge in [-0.3, -0.25) is 9.69 Å². The van der Waals surface area contributed by atoms with Crippen molar-refractivity contribution in [1.82, 2.24) is 25.0 Å². The summed E-state index contributed by atoms with van der Waals surface area (Å²) in [6.45, 7) is 6.08. The van der Waals surface area contributed by atoms with Crippen molar-refractivity contribution in [3.8, 4) is 5.82 Å². The van der Waals surface area contributed by atoms with E-state index in [1.807, 2.05) is 12.3 Å². The van der Waals surface area contributed by atoms with E-state index in [1.54, 1.807) is 29.2 Å². The van der Waals surface area contributed by atoms with Crippen molar-refractivity contribution in [2.24, 2.45) is 0 Å². The molecule has 1 aliphatic heterocycles. The number of aromatic nitrogens is 3. The van der Waals surface area contributed by atoms with Gasteiger partial charge in [0.2, 0.25) is 0 Å². The maximum absolute atomic E-state index is 12.2. The predicted octanol–water partition coefficient (Wildman–Crippen LogP) is 0.718. The molecule has 0 radical (unpaired) electrons. The maximum atomic E-state index is 12.2. The van der Waals surface area contributed by atoms with Crippen LogP contribution in [-0.4, -0.2) is 64.5 Å². The first kappa shape index (κ1) is 15.6. The number of morpholine rings is 1. The summed E-state index contributed by atoms with van der Waals surface area (Å²) in [5.41, 5.74) is 0.551. The molecule has 3 heterocycles. The highest BCUT2D eigenvalue weighted by Crippen LogP contribution is 2.06. The van der Waals surface area contributed by atoms with E-state index in [2.05, 4.69) is 27.2 Å². The highest BCUT2D eigenvalue weighted by molar-refractivity contribution is 5.93. The Bertz CT molecular complexity index is 620. The summed E-state index contributed by atoms with van der Waals surface area (Å²) in [4.78, 5) is 18.8. The van der Waals surface area contributed by atoms with Gasteiger partial charge in [-0.05, 0) is 25.1 Å². The lowest BCUT2D eigenvalue weighted by molar-refractivity contribution is 0.0204. The second-order valence-corrected chi connectivity index (χ2v) is 5.56. The molecule has 7 heteroatoms. The molecule has 0 saturated carbocycles. The monoisotopic (exact) mass is 315 g/mol. The number of carbonyl (C=O) groups excluding carboxylic acids is 1. The molecule has 0 aromatic carbocycles. The average Bonchev–Trinajstić information content (AvgIpc) is 3.15. The van der Waals surface area contributed by atoms with Crippen LogP contribution in [0.25, 0.3) is 5.82 Å². The first-order valence-electron chi connectivity index (χ1n) is 7.80. The number of rotatable bonds is 5. The Hall–Kier alpha value is -2.25. The lowest BCUT2D eigenvalue weighted by Gasteiger charge is -2.32. The molecule has 7 nitrogen and oxygen atoms in total. The van der Waals surface area contributed by atoms with Crippen molar-refractivity contribution >= 4 is 5.91 Å². The molecule has 0 aliphatic carbocycles. The Morgan fingerprint density at radius 1 is 1.39 bits per heavy atom. The second kappa shape index (κ2) is 7.34. The average molecular weight is 315 g/mol. The first-order valence-corrected chi connectivity index (χ1v) is 7.80. The molecule has 0 spiro atoms. The minimum Gasteiger partial charge on any atom is -0.379 e. The Kier molecular flexibility index (Phi) is 4.99. The van der Waals surface area contributed by atoms with Gasteiger partial charge < -0.3 is 10.1 Å². The highest BCUT2D eigenvalue weighted by atomic mass is 16.5. The van der Waals surface area contributed by atoms with Gasteiger partial charge in [-0.2, -0.15) is 5.10 Å². The van der Waals surface area contributed by atoms with Gasteiger partial charge >= 0.3 is 0 Å². The summed E-state index contributed by atoms with van der Waals surface area (Å²) in [6, 6.07) is 5.67. The Morgan fingerprint density at radius 2 is 2.22 bits per heavy atom. The molecule has 2 aromatic rings. The number of ether oxygens (including phenoxy) is 1. The van der Waals surface area contributed by atoms with Gasteiger partial charge in [0.25, 0.3) is 5.91 Å². The normalized spacial score (nSPS) is 16.9. The zero-order valence-electron chi connectivity index (χ0n) is 13.2. The van der Waals surface area contributed by atoms with E-state index in [9.17, 15) is 4.79 Å². The standard InChI is InChI=1S/C16H21N5O2/c1-13(20-7-9-23-10-8-20)11-18-16(22)14-3-4-15(17-12-14)21-6-2-5-19-21/h2-6,12-13H,7-11H2,1H3,(H,18,22)/t13-/m0/s1. The molecular weight excluding hydrogens is 294 g/mol. The molecule has 0 unspecified atom stereocenters. The number of carbonyl (C=O) groups is 1. The topological polar surface area (TPSA) is 72.3 Å². The zero-order valence-corrected chi connectivity index (χ0v) is 13.2. The van der Waals surface area contributed by atoms with Crippen LogP contribution in [0.15, 0.2) is 36.8 Å². The van der Waals surface area contributed by atoms with Gasteiger partial charge in [-0.1, -0.05) is 0 Å².